The summed E-state index contributed by atoms with van der Waals surface area (Å²) in [6.07, 6.45) is 0.876. The summed E-state index contributed by atoms with van der Waals surface area (Å²) >= 11 is 0. The van der Waals surface area contributed by atoms with Crippen molar-refractivity contribution in [1.82, 2.24) is 14.9 Å². The van der Waals surface area contributed by atoms with Gasteiger partial charge in [-0.3, -0.25) is 4.31 Å². The number of aromatic nitrogens is 2. The minimum atomic E-state index is -4.11. The molecule has 0 aliphatic rings. The number of hydrogen-bond donors (Lipinski definition) is 1. The molecular weight excluding hydrogens is 511 g/mol. The van der Waals surface area contributed by atoms with E-state index in [9.17, 15) is 17.6 Å². The highest BCUT2D eigenvalue weighted by molar-refractivity contribution is 7.92. The van der Waals surface area contributed by atoms with Gasteiger partial charge in [0, 0.05) is 33.2 Å². The molecule has 0 aliphatic carbocycles. The molecule has 12 heteroatoms. The summed E-state index contributed by atoms with van der Waals surface area (Å²) < 4.78 is 47.4. The monoisotopic (exact) mass is 543 g/mol. The molecule has 0 saturated carbocycles. The summed E-state index contributed by atoms with van der Waals surface area (Å²) in [4.78, 5) is 24.2. The summed E-state index contributed by atoms with van der Waals surface area (Å²) in [5.41, 5.74) is 0.576. The third kappa shape index (κ3) is 6.49. The number of carbonyl (C=O) groups excluding carboxylic acids is 1. The SMILES string of the molecule is CCN(CC)c1ncc(N(C(C)C)S(=O)(=O)c2ccc(F)cc2)c(Nc2[c]c(OC(=O)N(C)C)ccc2)n1. The van der Waals surface area contributed by atoms with Crippen LogP contribution >= 0.6 is 0 Å². The molecule has 0 bridgehead atoms. The standard InChI is InChI=1S/C26H32FN6O4S/c1-7-32(8-2)25-28-17-23(33(18(3)4)38(35,36)22-14-12-19(27)13-15-22)24(30-25)29-20-10-9-11-21(16-20)37-26(34)31(5)6/h9-15,17-18H,7-8H2,1-6H3,(H,28,29,30). The molecule has 3 aromatic rings. The maximum Gasteiger partial charge on any atom is 0.414 e. The Kier molecular flexibility index (Phi) is 9.10. The number of benzene rings is 2. The van der Waals surface area contributed by atoms with Crippen LogP contribution in [0.1, 0.15) is 27.7 Å². The van der Waals surface area contributed by atoms with Crippen LogP contribution in [-0.2, 0) is 10.0 Å². The summed E-state index contributed by atoms with van der Waals surface area (Å²) in [7, 11) is -0.987. The van der Waals surface area contributed by atoms with E-state index in [4.69, 9.17) is 4.74 Å². The van der Waals surface area contributed by atoms with E-state index in [2.05, 4.69) is 21.4 Å². The molecule has 3 rings (SSSR count). The molecule has 0 fully saturated rings. The first kappa shape index (κ1) is 28.6. The van der Waals surface area contributed by atoms with Crippen LogP contribution in [0.5, 0.6) is 5.75 Å². The van der Waals surface area contributed by atoms with Gasteiger partial charge in [-0.2, -0.15) is 4.98 Å². The van der Waals surface area contributed by atoms with E-state index in [0.717, 1.165) is 12.1 Å². The molecular formula is C26H32FN6O4S. The van der Waals surface area contributed by atoms with E-state index in [0.29, 0.717) is 24.7 Å². The van der Waals surface area contributed by atoms with Gasteiger partial charge in [-0.25, -0.2) is 22.6 Å². The summed E-state index contributed by atoms with van der Waals surface area (Å²) in [5.74, 6) is 0.237. The lowest BCUT2D eigenvalue weighted by Gasteiger charge is -2.30. The van der Waals surface area contributed by atoms with Gasteiger partial charge in [0.05, 0.1) is 22.8 Å². The van der Waals surface area contributed by atoms with Crippen molar-refractivity contribution < 1.29 is 22.3 Å². The molecule has 38 heavy (non-hydrogen) atoms. The number of halogens is 1. The van der Waals surface area contributed by atoms with Crippen LogP contribution in [0.4, 0.5) is 32.3 Å². The predicted molar refractivity (Wildman–Crippen MR) is 145 cm³/mol. The Morgan fingerprint density at radius 1 is 1.11 bits per heavy atom. The number of sulfonamides is 1. The second-order valence-electron chi connectivity index (χ2n) is 8.74. The lowest BCUT2D eigenvalue weighted by Crippen LogP contribution is -2.38. The number of nitrogens with one attached hydrogen (secondary N) is 1. The van der Waals surface area contributed by atoms with E-state index in [1.807, 2.05) is 18.7 Å². The first-order chi connectivity index (χ1) is 18.0. The van der Waals surface area contributed by atoms with Crippen LogP contribution in [0.3, 0.4) is 0 Å². The van der Waals surface area contributed by atoms with Crippen molar-refractivity contribution >= 4 is 39.3 Å². The molecule has 2 aromatic carbocycles. The van der Waals surface area contributed by atoms with Crippen LogP contribution in [0.15, 0.2) is 53.6 Å². The molecule has 0 saturated heterocycles. The largest absolute Gasteiger partial charge is 0.414 e. The smallest absolute Gasteiger partial charge is 0.409 e. The van der Waals surface area contributed by atoms with Crippen LogP contribution in [0.25, 0.3) is 0 Å². The van der Waals surface area contributed by atoms with Gasteiger partial charge in [0.25, 0.3) is 10.0 Å². The Bertz CT molecular complexity index is 1360. The number of amides is 1. The normalized spacial score (nSPS) is 11.3. The molecule has 0 atom stereocenters. The quantitative estimate of drug-likeness (QED) is 0.393. The minimum absolute atomic E-state index is 0.0736. The maximum atomic E-state index is 13.7. The lowest BCUT2D eigenvalue weighted by molar-refractivity contribution is 0.172. The predicted octanol–water partition coefficient (Wildman–Crippen LogP) is 4.67. The third-order valence-electron chi connectivity index (χ3n) is 5.46. The highest BCUT2D eigenvalue weighted by Gasteiger charge is 2.31. The number of hydrogen-bond acceptors (Lipinski definition) is 8. The molecule has 1 heterocycles. The molecule has 1 radical (unpaired) electrons. The first-order valence-corrected chi connectivity index (χ1v) is 13.5. The number of ether oxygens (including phenoxy) is 1. The second kappa shape index (κ2) is 12.1. The zero-order valence-electron chi connectivity index (χ0n) is 22.3. The van der Waals surface area contributed by atoms with Crippen LogP contribution in [0, 0.1) is 11.9 Å². The van der Waals surface area contributed by atoms with Crippen molar-refractivity contribution in [2.75, 3.05) is 41.7 Å². The van der Waals surface area contributed by atoms with Gasteiger partial charge in [0.15, 0.2) is 5.82 Å². The fourth-order valence-electron chi connectivity index (χ4n) is 3.58. The van der Waals surface area contributed by atoms with Gasteiger partial charge in [-0.1, -0.05) is 6.07 Å². The first-order valence-electron chi connectivity index (χ1n) is 12.1. The zero-order chi connectivity index (χ0) is 28.0. The van der Waals surface area contributed by atoms with Crippen molar-refractivity contribution in [2.24, 2.45) is 0 Å². The highest BCUT2D eigenvalue weighted by Crippen LogP contribution is 2.34. The second-order valence-corrected chi connectivity index (χ2v) is 10.6. The average Bonchev–Trinajstić information content (AvgIpc) is 2.86. The number of nitrogens with zero attached hydrogens (tertiary/aromatic N) is 5. The van der Waals surface area contributed by atoms with Gasteiger partial charge in [-0.15, -0.1) is 0 Å². The average molecular weight is 544 g/mol. The minimum Gasteiger partial charge on any atom is -0.409 e. The molecule has 0 aliphatic heterocycles. The summed E-state index contributed by atoms with van der Waals surface area (Å²) in [6, 6.07) is 12.0. The van der Waals surface area contributed by atoms with E-state index >= 15 is 0 Å². The Balaban J connectivity index is 2.12. The summed E-state index contributed by atoms with van der Waals surface area (Å²) in [6.45, 7) is 8.64. The van der Waals surface area contributed by atoms with Crippen molar-refractivity contribution in [2.45, 2.75) is 38.6 Å². The van der Waals surface area contributed by atoms with Crippen LogP contribution in [-0.4, -0.2) is 62.6 Å². The Morgan fingerprint density at radius 3 is 2.34 bits per heavy atom. The Hall–Kier alpha value is -3.93. The zero-order valence-corrected chi connectivity index (χ0v) is 23.1. The molecule has 1 aromatic heterocycles. The Morgan fingerprint density at radius 2 is 1.76 bits per heavy atom. The van der Waals surface area contributed by atoms with E-state index < -0.39 is 28.0 Å². The molecule has 203 valence electrons. The third-order valence-corrected chi connectivity index (χ3v) is 7.47. The summed E-state index contributed by atoms with van der Waals surface area (Å²) in [5, 5.41) is 3.12. The van der Waals surface area contributed by atoms with Crippen LogP contribution < -0.4 is 19.3 Å². The molecule has 1 amide bonds. The van der Waals surface area contributed by atoms with Crippen molar-refractivity contribution in [1.29, 1.82) is 0 Å². The highest BCUT2D eigenvalue weighted by atomic mass is 32.2. The number of rotatable bonds is 10. The van der Waals surface area contributed by atoms with Gasteiger partial charge in [0.2, 0.25) is 5.95 Å². The van der Waals surface area contributed by atoms with E-state index in [1.165, 1.54) is 27.5 Å². The maximum absolute atomic E-state index is 13.7. The van der Waals surface area contributed by atoms with Crippen molar-refractivity contribution in [3.05, 3.63) is 60.5 Å². The van der Waals surface area contributed by atoms with Gasteiger partial charge in [0.1, 0.15) is 17.3 Å². The van der Waals surface area contributed by atoms with Gasteiger partial charge in [-0.05, 0) is 64.1 Å². The van der Waals surface area contributed by atoms with Crippen LogP contribution in [0.2, 0.25) is 0 Å². The molecule has 0 spiro atoms. The Labute approximate surface area is 223 Å². The fourth-order valence-corrected chi connectivity index (χ4v) is 5.23. The van der Waals surface area contributed by atoms with Crippen molar-refractivity contribution in [3.63, 3.8) is 0 Å². The number of anilines is 4. The lowest BCUT2D eigenvalue weighted by atomic mass is 10.3. The van der Waals surface area contributed by atoms with E-state index in [-0.39, 0.29) is 22.2 Å². The molecule has 10 nitrogen and oxygen atoms in total. The molecule has 1 N–H and O–H groups in total. The molecule has 0 unspecified atom stereocenters. The van der Waals surface area contributed by atoms with E-state index in [1.54, 1.807) is 46.1 Å². The number of carbonyl (C=O) groups is 1. The van der Waals surface area contributed by atoms with Crippen molar-refractivity contribution in [3.8, 4) is 5.75 Å². The van der Waals surface area contributed by atoms with Gasteiger partial charge < -0.3 is 19.9 Å². The topological polar surface area (TPSA) is 108 Å². The fraction of sp³-hybridized carbons (Fsp3) is 0.346. The van der Waals surface area contributed by atoms with Gasteiger partial charge >= 0.3 is 6.09 Å².